The van der Waals surface area contributed by atoms with Crippen LogP contribution in [0.5, 0.6) is 0 Å². The van der Waals surface area contributed by atoms with E-state index in [1.807, 2.05) is 0 Å². The molecule has 0 aliphatic heterocycles. The number of hydrogen-bond donors (Lipinski definition) is 3. The van der Waals surface area contributed by atoms with Gasteiger partial charge in [0.25, 0.3) is 0 Å². The number of hydrogen-bond acceptors (Lipinski definition) is 4. The van der Waals surface area contributed by atoms with Crippen LogP contribution in [0.3, 0.4) is 0 Å². The van der Waals surface area contributed by atoms with Gasteiger partial charge in [-0.2, -0.15) is 0 Å². The molecule has 1 aromatic carbocycles. The minimum absolute atomic E-state index is 0.0530. The Hall–Kier alpha value is -2.04. The van der Waals surface area contributed by atoms with Crippen molar-refractivity contribution in [1.82, 2.24) is 5.32 Å². The molecular formula is C12H15N3O3S. The van der Waals surface area contributed by atoms with Gasteiger partial charge in [-0.3, -0.25) is 14.8 Å². The summed E-state index contributed by atoms with van der Waals surface area (Å²) in [6, 6.07) is 6.52. The van der Waals surface area contributed by atoms with E-state index in [0.717, 1.165) is 6.26 Å². The van der Waals surface area contributed by atoms with Gasteiger partial charge in [0.05, 0.1) is 30.7 Å². The largest absolute Gasteiger partial charge is 0.323 e. The zero-order valence-electron chi connectivity index (χ0n) is 10.4. The highest BCUT2D eigenvalue weighted by atomic mass is 32.2. The number of carbonyl (C=O) groups excluding carboxylic acids is 1. The molecule has 0 radical (unpaired) electrons. The Morgan fingerprint density at radius 1 is 1.32 bits per heavy atom. The zero-order chi connectivity index (χ0) is 14.3. The molecule has 1 amide bonds. The Morgan fingerprint density at radius 3 is 2.53 bits per heavy atom. The van der Waals surface area contributed by atoms with Gasteiger partial charge < -0.3 is 5.32 Å². The van der Waals surface area contributed by atoms with E-state index in [4.69, 9.17) is 6.42 Å². The van der Waals surface area contributed by atoms with Crippen LogP contribution in [0, 0.1) is 12.3 Å². The summed E-state index contributed by atoms with van der Waals surface area (Å²) in [4.78, 5) is 11.6. The number of para-hydroxylation sites is 2. The number of amides is 1. The molecule has 0 atom stereocenters. The van der Waals surface area contributed by atoms with Crippen molar-refractivity contribution in [3.05, 3.63) is 24.3 Å². The normalized spacial score (nSPS) is 10.5. The van der Waals surface area contributed by atoms with Crippen molar-refractivity contribution in [2.75, 3.05) is 29.4 Å². The summed E-state index contributed by atoms with van der Waals surface area (Å²) in [5, 5.41) is 5.33. The van der Waals surface area contributed by atoms with Crippen molar-refractivity contribution in [1.29, 1.82) is 0 Å². The molecule has 0 saturated carbocycles. The molecule has 0 aliphatic carbocycles. The third kappa shape index (κ3) is 5.90. The molecule has 0 aliphatic rings. The molecule has 0 saturated heterocycles. The molecule has 0 spiro atoms. The Kier molecular flexibility index (Phi) is 5.36. The average molecular weight is 281 g/mol. The zero-order valence-corrected chi connectivity index (χ0v) is 11.3. The Balaban J connectivity index is 2.73. The SMILES string of the molecule is C#CCNCC(=O)Nc1ccccc1NS(C)(=O)=O. The van der Waals surface area contributed by atoms with Gasteiger partial charge in [0, 0.05) is 0 Å². The van der Waals surface area contributed by atoms with Crippen LogP contribution in [-0.2, 0) is 14.8 Å². The average Bonchev–Trinajstić information content (AvgIpc) is 2.30. The lowest BCUT2D eigenvalue weighted by Gasteiger charge is -2.11. The summed E-state index contributed by atoms with van der Waals surface area (Å²) in [6.45, 7) is 0.341. The third-order valence-corrected chi connectivity index (χ3v) is 2.60. The predicted octanol–water partition coefficient (Wildman–Crippen LogP) is 0.219. The Morgan fingerprint density at radius 2 is 1.95 bits per heavy atom. The van der Waals surface area contributed by atoms with E-state index in [2.05, 4.69) is 21.3 Å². The molecule has 0 bridgehead atoms. The van der Waals surface area contributed by atoms with E-state index < -0.39 is 10.0 Å². The summed E-state index contributed by atoms with van der Waals surface area (Å²) in [5.74, 6) is 2.04. The van der Waals surface area contributed by atoms with Crippen LogP contribution in [0.4, 0.5) is 11.4 Å². The van der Waals surface area contributed by atoms with Crippen molar-refractivity contribution in [2.45, 2.75) is 0 Å². The molecule has 0 aromatic heterocycles. The molecule has 3 N–H and O–H groups in total. The second kappa shape index (κ2) is 6.78. The van der Waals surface area contributed by atoms with Gasteiger partial charge in [0.1, 0.15) is 0 Å². The van der Waals surface area contributed by atoms with Crippen molar-refractivity contribution in [3.8, 4) is 12.3 Å². The lowest BCUT2D eigenvalue weighted by molar-refractivity contribution is -0.115. The molecule has 7 heteroatoms. The van der Waals surface area contributed by atoms with Crippen molar-refractivity contribution in [2.24, 2.45) is 0 Å². The minimum atomic E-state index is -3.40. The van der Waals surface area contributed by atoms with Crippen molar-refractivity contribution in [3.63, 3.8) is 0 Å². The molecule has 1 rings (SSSR count). The fourth-order valence-electron chi connectivity index (χ4n) is 1.32. The number of nitrogens with one attached hydrogen (secondary N) is 3. The van der Waals surface area contributed by atoms with Gasteiger partial charge in [-0.25, -0.2) is 8.42 Å². The second-order valence-electron chi connectivity index (χ2n) is 3.78. The molecule has 102 valence electrons. The summed E-state index contributed by atoms with van der Waals surface area (Å²) < 4.78 is 24.7. The van der Waals surface area contributed by atoms with Gasteiger partial charge in [-0.05, 0) is 12.1 Å². The summed E-state index contributed by atoms with van der Waals surface area (Å²) >= 11 is 0. The van der Waals surface area contributed by atoms with E-state index >= 15 is 0 Å². The first kappa shape index (κ1) is 15.0. The molecular weight excluding hydrogens is 266 g/mol. The van der Waals surface area contributed by atoms with Crippen LogP contribution in [0.25, 0.3) is 0 Å². The predicted molar refractivity (Wildman–Crippen MR) is 75.2 cm³/mol. The minimum Gasteiger partial charge on any atom is -0.323 e. The van der Waals surface area contributed by atoms with Crippen LogP contribution in [-0.4, -0.2) is 33.7 Å². The molecule has 0 fully saturated rings. The number of carbonyl (C=O) groups is 1. The quantitative estimate of drug-likeness (QED) is 0.514. The van der Waals surface area contributed by atoms with Crippen LogP contribution in [0.1, 0.15) is 0 Å². The van der Waals surface area contributed by atoms with Gasteiger partial charge in [-0.1, -0.05) is 18.1 Å². The first-order chi connectivity index (χ1) is 8.92. The van der Waals surface area contributed by atoms with E-state index in [-0.39, 0.29) is 19.0 Å². The van der Waals surface area contributed by atoms with Gasteiger partial charge in [0.15, 0.2) is 0 Å². The van der Waals surface area contributed by atoms with Crippen molar-refractivity contribution >= 4 is 27.3 Å². The molecule has 19 heavy (non-hydrogen) atoms. The van der Waals surface area contributed by atoms with Gasteiger partial charge in [0.2, 0.25) is 15.9 Å². The highest BCUT2D eigenvalue weighted by molar-refractivity contribution is 7.92. The maximum Gasteiger partial charge on any atom is 0.238 e. The van der Waals surface area contributed by atoms with Gasteiger partial charge in [-0.15, -0.1) is 6.42 Å². The van der Waals surface area contributed by atoms with E-state index in [1.165, 1.54) is 0 Å². The molecule has 0 heterocycles. The van der Waals surface area contributed by atoms with E-state index in [9.17, 15) is 13.2 Å². The highest BCUT2D eigenvalue weighted by Gasteiger charge is 2.09. The van der Waals surface area contributed by atoms with E-state index in [0.29, 0.717) is 11.4 Å². The summed E-state index contributed by atoms with van der Waals surface area (Å²) in [6.07, 6.45) is 6.08. The molecule has 1 aromatic rings. The van der Waals surface area contributed by atoms with Crippen molar-refractivity contribution < 1.29 is 13.2 Å². The monoisotopic (exact) mass is 281 g/mol. The Bertz CT molecular complexity index is 590. The van der Waals surface area contributed by atoms with Crippen LogP contribution < -0.4 is 15.4 Å². The smallest absolute Gasteiger partial charge is 0.238 e. The topological polar surface area (TPSA) is 87.3 Å². The first-order valence-electron chi connectivity index (χ1n) is 5.43. The lowest BCUT2D eigenvalue weighted by atomic mass is 10.2. The highest BCUT2D eigenvalue weighted by Crippen LogP contribution is 2.21. The summed E-state index contributed by atoms with van der Waals surface area (Å²) in [7, 11) is -3.40. The van der Waals surface area contributed by atoms with Crippen LogP contribution >= 0.6 is 0 Å². The summed E-state index contributed by atoms with van der Waals surface area (Å²) in [5.41, 5.74) is 0.704. The Labute approximate surface area is 112 Å². The third-order valence-electron chi connectivity index (χ3n) is 2.01. The maximum absolute atomic E-state index is 11.6. The first-order valence-corrected chi connectivity index (χ1v) is 7.32. The fraction of sp³-hybridized carbons (Fsp3) is 0.250. The number of sulfonamides is 1. The number of anilines is 2. The maximum atomic E-state index is 11.6. The number of benzene rings is 1. The second-order valence-corrected chi connectivity index (χ2v) is 5.52. The van der Waals surface area contributed by atoms with Crippen LogP contribution in [0.15, 0.2) is 24.3 Å². The van der Waals surface area contributed by atoms with E-state index in [1.54, 1.807) is 24.3 Å². The lowest BCUT2D eigenvalue weighted by Crippen LogP contribution is -2.28. The standard InChI is InChI=1S/C12H15N3O3S/c1-3-8-13-9-12(16)14-10-6-4-5-7-11(10)15-19(2,17)18/h1,4-7,13,15H,8-9H2,2H3,(H,14,16). The number of terminal acetylenes is 1. The fourth-order valence-corrected chi connectivity index (χ4v) is 1.90. The van der Waals surface area contributed by atoms with Gasteiger partial charge >= 0.3 is 0 Å². The van der Waals surface area contributed by atoms with Crippen LogP contribution in [0.2, 0.25) is 0 Å². The molecule has 6 nitrogen and oxygen atoms in total. The number of rotatable bonds is 6. The molecule has 0 unspecified atom stereocenters.